The van der Waals surface area contributed by atoms with Gasteiger partial charge in [-0.2, -0.15) is 0 Å². The van der Waals surface area contributed by atoms with Gasteiger partial charge in [-0.3, -0.25) is 0 Å². The number of esters is 1. The molecule has 2 aromatic rings. The largest absolute Gasteiger partial charge is 0.494 e. The lowest BCUT2D eigenvalue weighted by Gasteiger charge is -2.08. The number of benzene rings is 2. The minimum absolute atomic E-state index is 0.321. The van der Waals surface area contributed by atoms with E-state index < -0.39 is 12.8 Å². The van der Waals surface area contributed by atoms with E-state index in [9.17, 15) is 9.18 Å². The molecule has 1 unspecified atom stereocenters. The summed E-state index contributed by atoms with van der Waals surface area (Å²) in [7, 11) is 0. The van der Waals surface area contributed by atoms with Crippen LogP contribution in [0, 0.1) is 0 Å². The van der Waals surface area contributed by atoms with Gasteiger partial charge in [0, 0.05) is 6.61 Å². The molecule has 0 aromatic heterocycles. The van der Waals surface area contributed by atoms with Gasteiger partial charge in [-0.1, -0.05) is 0 Å². The van der Waals surface area contributed by atoms with Gasteiger partial charge in [0.2, 0.25) is 6.86 Å². The van der Waals surface area contributed by atoms with E-state index in [-0.39, 0.29) is 0 Å². The minimum Gasteiger partial charge on any atom is -0.494 e. The number of carbonyl (C=O) groups excluding carboxylic acids is 1. The predicted octanol–water partition coefficient (Wildman–Crippen LogP) is 4.18. The topological polar surface area (TPSA) is 66.5 Å². The fraction of sp³-hybridized carbons (Fsp3) is 0.409. The number of alkyl halides is 1. The molecule has 0 amide bonds. The van der Waals surface area contributed by atoms with Crippen molar-refractivity contribution in [2.45, 2.75) is 25.4 Å². The standard InChI is InChI=1S/C22H25FO6/c23-16-28-19-8-10-20(11-9-19)29-22(24)17-4-6-18(7-5-17)26-13-3-1-2-12-25-14-21-15-27-21/h4-11,21H,1-3,12-16H2. The Bertz CT molecular complexity index is 743. The fourth-order valence-electron chi connectivity index (χ4n) is 2.57. The molecule has 0 radical (unpaired) electrons. The van der Waals surface area contributed by atoms with Crippen LogP contribution in [0.2, 0.25) is 0 Å². The van der Waals surface area contributed by atoms with Gasteiger partial charge in [0.15, 0.2) is 0 Å². The molecule has 0 bridgehead atoms. The number of carbonyl (C=O) groups is 1. The summed E-state index contributed by atoms with van der Waals surface area (Å²) in [5.74, 6) is 0.952. The number of halogens is 1. The number of unbranched alkanes of at least 4 members (excludes halogenated alkanes) is 2. The number of hydrogen-bond acceptors (Lipinski definition) is 6. The third-order valence-electron chi connectivity index (χ3n) is 4.25. The highest BCUT2D eigenvalue weighted by Gasteiger charge is 2.21. The molecule has 6 nitrogen and oxygen atoms in total. The smallest absolute Gasteiger partial charge is 0.343 e. The summed E-state index contributed by atoms with van der Waals surface area (Å²) >= 11 is 0. The molecule has 0 N–H and O–H groups in total. The summed E-state index contributed by atoms with van der Waals surface area (Å²) in [5.41, 5.74) is 0.415. The van der Waals surface area contributed by atoms with Crippen LogP contribution in [0.15, 0.2) is 48.5 Å². The molecule has 29 heavy (non-hydrogen) atoms. The van der Waals surface area contributed by atoms with Crippen molar-refractivity contribution in [3.05, 3.63) is 54.1 Å². The van der Waals surface area contributed by atoms with Gasteiger partial charge in [-0.05, 0) is 67.8 Å². The van der Waals surface area contributed by atoms with E-state index in [0.717, 1.165) is 32.5 Å². The van der Waals surface area contributed by atoms with E-state index in [4.69, 9.17) is 23.7 Å². The Labute approximate surface area is 169 Å². The molecule has 1 heterocycles. The quantitative estimate of drug-likeness (QED) is 0.216. The molecular formula is C22H25FO6. The molecule has 0 aliphatic carbocycles. The van der Waals surface area contributed by atoms with Crippen molar-refractivity contribution >= 4 is 5.97 Å². The molecule has 1 fully saturated rings. The Kier molecular flexibility index (Phi) is 8.27. The Balaban J connectivity index is 1.32. The minimum atomic E-state index is -0.905. The summed E-state index contributed by atoms with van der Waals surface area (Å²) in [4.78, 5) is 12.2. The molecule has 1 aliphatic rings. The van der Waals surface area contributed by atoms with Crippen molar-refractivity contribution < 1.29 is 32.9 Å². The zero-order valence-corrected chi connectivity index (χ0v) is 16.2. The maximum Gasteiger partial charge on any atom is 0.343 e. The van der Waals surface area contributed by atoms with Crippen molar-refractivity contribution in [2.24, 2.45) is 0 Å². The highest BCUT2D eigenvalue weighted by molar-refractivity contribution is 5.91. The zero-order chi connectivity index (χ0) is 20.3. The van der Waals surface area contributed by atoms with Gasteiger partial charge >= 0.3 is 5.97 Å². The second-order valence-corrected chi connectivity index (χ2v) is 6.58. The Morgan fingerprint density at radius 2 is 1.52 bits per heavy atom. The summed E-state index contributed by atoms with van der Waals surface area (Å²) in [5, 5.41) is 0. The van der Waals surface area contributed by atoms with Gasteiger partial charge in [0.25, 0.3) is 0 Å². The van der Waals surface area contributed by atoms with Crippen LogP contribution in [0.1, 0.15) is 29.6 Å². The average Bonchev–Trinajstić information content (AvgIpc) is 3.56. The van der Waals surface area contributed by atoms with Gasteiger partial charge in [0.1, 0.15) is 23.4 Å². The van der Waals surface area contributed by atoms with E-state index in [1.807, 2.05) is 0 Å². The van der Waals surface area contributed by atoms with Crippen molar-refractivity contribution in [1.82, 2.24) is 0 Å². The first-order valence-electron chi connectivity index (χ1n) is 9.68. The van der Waals surface area contributed by atoms with Crippen LogP contribution in [0.3, 0.4) is 0 Å². The van der Waals surface area contributed by atoms with Crippen molar-refractivity contribution in [3.8, 4) is 17.2 Å². The number of ether oxygens (including phenoxy) is 5. The lowest BCUT2D eigenvalue weighted by molar-refractivity contribution is 0.0734. The SMILES string of the molecule is O=C(Oc1ccc(OCF)cc1)c1ccc(OCCCCCOCC2CO2)cc1. The lowest BCUT2D eigenvalue weighted by Crippen LogP contribution is -2.08. The van der Waals surface area contributed by atoms with Gasteiger partial charge < -0.3 is 23.7 Å². The third-order valence-corrected chi connectivity index (χ3v) is 4.25. The van der Waals surface area contributed by atoms with Crippen LogP contribution in [0.4, 0.5) is 4.39 Å². The molecule has 1 saturated heterocycles. The van der Waals surface area contributed by atoms with E-state index in [1.165, 1.54) is 12.1 Å². The second-order valence-electron chi connectivity index (χ2n) is 6.58. The normalized spacial score (nSPS) is 15.0. The number of hydrogen-bond donors (Lipinski definition) is 0. The van der Waals surface area contributed by atoms with Crippen LogP contribution >= 0.6 is 0 Å². The summed E-state index contributed by atoms with van der Waals surface area (Å²) in [6.45, 7) is 1.99. The summed E-state index contributed by atoms with van der Waals surface area (Å²) in [6, 6.07) is 13.0. The van der Waals surface area contributed by atoms with Gasteiger partial charge in [-0.25, -0.2) is 9.18 Å². The van der Waals surface area contributed by atoms with Crippen LogP contribution in [0.5, 0.6) is 17.2 Å². The Morgan fingerprint density at radius 1 is 0.897 bits per heavy atom. The average molecular weight is 404 g/mol. The van der Waals surface area contributed by atoms with Gasteiger partial charge in [-0.15, -0.1) is 0 Å². The van der Waals surface area contributed by atoms with Crippen LogP contribution in [-0.4, -0.2) is 45.4 Å². The lowest BCUT2D eigenvalue weighted by atomic mass is 10.2. The second kappa shape index (κ2) is 11.4. The summed E-state index contributed by atoms with van der Waals surface area (Å²) < 4.78 is 38.4. The van der Waals surface area contributed by atoms with Gasteiger partial charge in [0.05, 0.1) is 25.4 Å². The van der Waals surface area contributed by atoms with E-state index in [1.54, 1.807) is 36.4 Å². The van der Waals surface area contributed by atoms with Crippen molar-refractivity contribution in [2.75, 3.05) is 33.3 Å². The number of epoxide rings is 1. The first-order valence-corrected chi connectivity index (χ1v) is 9.68. The van der Waals surface area contributed by atoms with Crippen molar-refractivity contribution in [1.29, 1.82) is 0 Å². The molecule has 1 aliphatic heterocycles. The van der Waals surface area contributed by atoms with E-state index >= 15 is 0 Å². The molecule has 2 aromatic carbocycles. The van der Waals surface area contributed by atoms with Crippen LogP contribution < -0.4 is 14.2 Å². The van der Waals surface area contributed by atoms with Crippen LogP contribution in [0.25, 0.3) is 0 Å². The molecule has 0 spiro atoms. The van der Waals surface area contributed by atoms with E-state index in [2.05, 4.69) is 0 Å². The zero-order valence-electron chi connectivity index (χ0n) is 16.2. The molecule has 1 atom stereocenters. The predicted molar refractivity (Wildman–Crippen MR) is 104 cm³/mol. The van der Waals surface area contributed by atoms with E-state index in [0.29, 0.717) is 42.1 Å². The molecule has 3 rings (SSSR count). The fourth-order valence-corrected chi connectivity index (χ4v) is 2.57. The Morgan fingerprint density at radius 3 is 2.21 bits per heavy atom. The third kappa shape index (κ3) is 7.71. The van der Waals surface area contributed by atoms with Crippen molar-refractivity contribution in [3.63, 3.8) is 0 Å². The number of rotatable bonds is 13. The summed E-state index contributed by atoms with van der Waals surface area (Å²) in [6.07, 6.45) is 3.29. The van der Waals surface area contributed by atoms with Crippen LogP contribution in [-0.2, 0) is 9.47 Å². The monoisotopic (exact) mass is 404 g/mol. The highest BCUT2D eigenvalue weighted by atomic mass is 19.1. The molecular weight excluding hydrogens is 379 g/mol. The molecule has 7 heteroatoms. The highest BCUT2D eigenvalue weighted by Crippen LogP contribution is 2.20. The Hall–Kier alpha value is -2.64. The maximum atomic E-state index is 12.2. The molecule has 156 valence electrons. The maximum absolute atomic E-state index is 12.2. The molecule has 0 saturated carbocycles. The first kappa shape index (κ1) is 21.1. The first-order chi connectivity index (χ1) is 14.2.